The number of unbranched alkanes of at least 4 members (excludes halogenated alkanes) is 1. The Balaban J connectivity index is 2.63. The molecule has 7 heteroatoms. The van der Waals surface area contributed by atoms with Gasteiger partial charge in [0.25, 0.3) is 5.69 Å². The summed E-state index contributed by atoms with van der Waals surface area (Å²) >= 11 is 0. The first-order valence-electron chi connectivity index (χ1n) is 6.44. The van der Waals surface area contributed by atoms with Gasteiger partial charge in [0.1, 0.15) is 6.04 Å². The van der Waals surface area contributed by atoms with E-state index >= 15 is 0 Å². The van der Waals surface area contributed by atoms with Gasteiger partial charge in [-0.1, -0.05) is 24.6 Å². The van der Waals surface area contributed by atoms with Crippen LogP contribution >= 0.6 is 0 Å². The van der Waals surface area contributed by atoms with Crippen LogP contribution in [-0.4, -0.2) is 28.6 Å². The highest BCUT2D eigenvalue weighted by atomic mass is 16.6. The normalized spacial score (nSPS) is 12.1. The Morgan fingerprint density at radius 1 is 1.40 bits per heavy atom. The molecule has 1 rings (SSSR count). The number of nitrogens with zero attached hydrogens (tertiary/aromatic N) is 1. The molecule has 1 aromatic rings. The monoisotopic (exact) mass is 281 g/mol. The van der Waals surface area contributed by atoms with E-state index < -0.39 is 16.9 Å². The van der Waals surface area contributed by atoms with E-state index in [1.54, 1.807) is 18.2 Å². The van der Waals surface area contributed by atoms with E-state index in [1.807, 2.05) is 0 Å². The van der Waals surface area contributed by atoms with E-state index in [9.17, 15) is 14.9 Å². The van der Waals surface area contributed by atoms with E-state index in [-0.39, 0.29) is 12.2 Å². The van der Waals surface area contributed by atoms with Crippen molar-refractivity contribution in [3.8, 4) is 0 Å². The van der Waals surface area contributed by atoms with Gasteiger partial charge in [0.2, 0.25) is 0 Å². The minimum atomic E-state index is -0.958. The van der Waals surface area contributed by atoms with Gasteiger partial charge in [0.05, 0.1) is 4.92 Å². The second-order valence-electron chi connectivity index (χ2n) is 4.44. The Labute approximate surface area is 116 Å². The number of rotatable bonds is 9. The summed E-state index contributed by atoms with van der Waals surface area (Å²) < 4.78 is 0. The molecular weight excluding hydrogens is 262 g/mol. The zero-order chi connectivity index (χ0) is 15.0. The highest BCUT2D eigenvalue weighted by molar-refractivity contribution is 5.73. The number of nitrogens with two attached hydrogens (primary N) is 1. The van der Waals surface area contributed by atoms with Crippen LogP contribution in [-0.2, 0) is 11.3 Å². The third kappa shape index (κ3) is 4.94. The maximum atomic E-state index is 11.1. The lowest BCUT2D eigenvalue weighted by Crippen LogP contribution is -2.36. The Bertz CT molecular complexity index is 465. The quantitative estimate of drug-likeness (QED) is 0.356. The Morgan fingerprint density at radius 2 is 2.10 bits per heavy atom. The van der Waals surface area contributed by atoms with Crippen molar-refractivity contribution in [2.75, 3.05) is 6.54 Å². The molecule has 1 atom stereocenters. The van der Waals surface area contributed by atoms with E-state index in [0.717, 1.165) is 6.42 Å². The van der Waals surface area contributed by atoms with Gasteiger partial charge in [-0.3, -0.25) is 14.9 Å². The molecule has 0 saturated carbocycles. The second kappa shape index (κ2) is 8.23. The number of nitrogens with one attached hydrogen (secondary N) is 1. The fraction of sp³-hybridized carbons (Fsp3) is 0.462. The van der Waals surface area contributed by atoms with Gasteiger partial charge in [-0.05, 0) is 19.4 Å². The summed E-state index contributed by atoms with van der Waals surface area (Å²) in [6.45, 7) is 0.674. The topological polar surface area (TPSA) is 118 Å². The van der Waals surface area contributed by atoms with Crippen LogP contribution in [0.25, 0.3) is 0 Å². The fourth-order valence-corrected chi connectivity index (χ4v) is 1.88. The van der Waals surface area contributed by atoms with Crippen molar-refractivity contribution in [3.05, 3.63) is 39.9 Å². The lowest BCUT2D eigenvalue weighted by Gasteiger charge is -2.14. The largest absolute Gasteiger partial charge is 0.480 e. The van der Waals surface area contributed by atoms with Crippen molar-refractivity contribution in [2.24, 2.45) is 5.73 Å². The van der Waals surface area contributed by atoms with Crippen molar-refractivity contribution in [2.45, 2.75) is 31.8 Å². The minimum Gasteiger partial charge on any atom is -0.480 e. The first kappa shape index (κ1) is 16.1. The molecule has 110 valence electrons. The van der Waals surface area contributed by atoms with Gasteiger partial charge < -0.3 is 16.2 Å². The first-order valence-corrected chi connectivity index (χ1v) is 6.44. The van der Waals surface area contributed by atoms with Crippen LogP contribution in [0, 0.1) is 10.1 Å². The van der Waals surface area contributed by atoms with Crippen molar-refractivity contribution >= 4 is 11.7 Å². The Kier molecular flexibility index (Phi) is 6.61. The molecule has 0 aromatic heterocycles. The van der Waals surface area contributed by atoms with Crippen LogP contribution in [0.4, 0.5) is 5.69 Å². The van der Waals surface area contributed by atoms with Crippen molar-refractivity contribution in [1.82, 2.24) is 5.32 Å². The number of aliphatic carboxylic acids is 1. The summed E-state index contributed by atoms with van der Waals surface area (Å²) in [4.78, 5) is 21.5. The van der Waals surface area contributed by atoms with Gasteiger partial charge in [-0.25, -0.2) is 0 Å². The van der Waals surface area contributed by atoms with Crippen LogP contribution in [0.5, 0.6) is 0 Å². The summed E-state index contributed by atoms with van der Waals surface area (Å²) in [5, 5.41) is 22.8. The van der Waals surface area contributed by atoms with E-state index in [0.29, 0.717) is 24.9 Å². The predicted octanol–water partition coefficient (Wildman–Crippen LogP) is 1.27. The van der Waals surface area contributed by atoms with Gasteiger partial charge in [-0.2, -0.15) is 0 Å². The summed E-state index contributed by atoms with van der Waals surface area (Å²) in [6, 6.07) is 5.57. The summed E-state index contributed by atoms with van der Waals surface area (Å²) in [5.41, 5.74) is 5.83. The SMILES string of the molecule is NCCCCC(NCc1ccccc1[N+](=O)[O-])C(=O)O. The molecule has 0 aliphatic heterocycles. The molecule has 0 spiro atoms. The Hall–Kier alpha value is -1.99. The molecule has 0 aliphatic carbocycles. The van der Waals surface area contributed by atoms with Crippen LogP contribution in [0.2, 0.25) is 0 Å². The molecule has 7 nitrogen and oxygen atoms in total. The van der Waals surface area contributed by atoms with Gasteiger partial charge >= 0.3 is 5.97 Å². The van der Waals surface area contributed by atoms with Crippen LogP contribution < -0.4 is 11.1 Å². The maximum absolute atomic E-state index is 11.1. The number of para-hydroxylation sites is 1. The van der Waals surface area contributed by atoms with Crippen molar-refractivity contribution < 1.29 is 14.8 Å². The first-order chi connectivity index (χ1) is 9.56. The number of carboxylic acid groups (broad SMARTS) is 1. The molecule has 0 amide bonds. The van der Waals surface area contributed by atoms with E-state index in [4.69, 9.17) is 10.8 Å². The number of carboxylic acids is 1. The number of hydrogen-bond acceptors (Lipinski definition) is 5. The molecule has 20 heavy (non-hydrogen) atoms. The molecule has 4 N–H and O–H groups in total. The molecule has 0 aliphatic rings. The second-order valence-corrected chi connectivity index (χ2v) is 4.44. The van der Waals surface area contributed by atoms with Crippen LogP contribution in [0.3, 0.4) is 0 Å². The molecule has 0 bridgehead atoms. The molecular formula is C13H19N3O4. The molecule has 0 heterocycles. The van der Waals surface area contributed by atoms with Gasteiger partial charge in [0, 0.05) is 18.2 Å². The number of hydrogen-bond donors (Lipinski definition) is 3. The average Bonchev–Trinajstić information content (AvgIpc) is 2.42. The summed E-state index contributed by atoms with van der Waals surface area (Å²) in [7, 11) is 0. The summed E-state index contributed by atoms with van der Waals surface area (Å²) in [5.74, 6) is -0.958. The zero-order valence-corrected chi connectivity index (χ0v) is 11.1. The molecule has 1 aromatic carbocycles. The lowest BCUT2D eigenvalue weighted by molar-refractivity contribution is -0.385. The van der Waals surface area contributed by atoms with Gasteiger partial charge in [-0.15, -0.1) is 0 Å². The average molecular weight is 281 g/mol. The molecule has 0 radical (unpaired) electrons. The van der Waals surface area contributed by atoms with E-state index in [1.165, 1.54) is 6.07 Å². The molecule has 0 fully saturated rings. The van der Waals surface area contributed by atoms with Gasteiger partial charge in [0.15, 0.2) is 0 Å². The standard InChI is InChI=1S/C13H19N3O4/c14-8-4-3-6-11(13(17)18)15-9-10-5-1-2-7-12(10)16(19)20/h1-2,5,7,11,15H,3-4,6,8-9,14H2,(H,17,18). The lowest BCUT2D eigenvalue weighted by atomic mass is 10.1. The van der Waals surface area contributed by atoms with Crippen LogP contribution in [0.1, 0.15) is 24.8 Å². The third-order valence-corrected chi connectivity index (χ3v) is 2.97. The third-order valence-electron chi connectivity index (χ3n) is 2.97. The highest BCUT2D eigenvalue weighted by Crippen LogP contribution is 2.17. The number of carbonyl (C=O) groups is 1. The molecule has 1 unspecified atom stereocenters. The van der Waals surface area contributed by atoms with Crippen molar-refractivity contribution in [1.29, 1.82) is 0 Å². The minimum absolute atomic E-state index is 0.00824. The number of benzene rings is 1. The summed E-state index contributed by atoms with van der Waals surface area (Å²) in [6.07, 6.45) is 1.92. The predicted molar refractivity (Wildman–Crippen MR) is 74.3 cm³/mol. The van der Waals surface area contributed by atoms with E-state index in [2.05, 4.69) is 5.32 Å². The Morgan fingerprint density at radius 3 is 2.70 bits per heavy atom. The highest BCUT2D eigenvalue weighted by Gasteiger charge is 2.18. The zero-order valence-electron chi connectivity index (χ0n) is 11.1. The molecule has 0 saturated heterocycles. The number of nitro groups is 1. The van der Waals surface area contributed by atoms with Crippen LogP contribution in [0.15, 0.2) is 24.3 Å². The van der Waals surface area contributed by atoms with Crippen molar-refractivity contribution in [3.63, 3.8) is 0 Å². The maximum Gasteiger partial charge on any atom is 0.320 e. The fourth-order valence-electron chi connectivity index (χ4n) is 1.88. The number of nitro benzene ring substituents is 1. The smallest absolute Gasteiger partial charge is 0.320 e.